The topological polar surface area (TPSA) is 94.3 Å². The highest BCUT2D eigenvalue weighted by molar-refractivity contribution is 14.0. The van der Waals surface area contributed by atoms with Crippen LogP contribution in [0.3, 0.4) is 0 Å². The van der Waals surface area contributed by atoms with E-state index in [9.17, 15) is 8.42 Å². The second-order valence-electron chi connectivity index (χ2n) is 7.99. The van der Waals surface area contributed by atoms with Crippen LogP contribution in [0.25, 0.3) is 0 Å². The van der Waals surface area contributed by atoms with Crippen LogP contribution >= 0.6 is 24.0 Å². The van der Waals surface area contributed by atoms with Gasteiger partial charge in [-0.15, -0.1) is 24.0 Å². The number of piperidine rings is 1. The molecule has 0 saturated carbocycles. The van der Waals surface area contributed by atoms with Crippen molar-refractivity contribution in [2.24, 2.45) is 4.99 Å². The average Bonchev–Trinajstić information content (AvgIpc) is 3.21. The number of guanidine groups is 1. The third-order valence-corrected chi connectivity index (χ3v) is 7.75. The quantitative estimate of drug-likeness (QED) is 0.324. The van der Waals surface area contributed by atoms with E-state index in [2.05, 4.69) is 39.1 Å². The molecule has 30 heavy (non-hydrogen) atoms. The molecule has 1 N–H and O–H groups in total. The molecule has 2 fully saturated rings. The number of rotatable bonds is 6. The van der Waals surface area contributed by atoms with Crippen LogP contribution in [0, 0.1) is 0 Å². The predicted octanol–water partition coefficient (Wildman–Crippen LogP) is 1.58. The van der Waals surface area contributed by atoms with Crippen LogP contribution in [0.15, 0.2) is 21.8 Å². The van der Waals surface area contributed by atoms with Crippen molar-refractivity contribution in [1.29, 1.82) is 0 Å². The summed E-state index contributed by atoms with van der Waals surface area (Å²) in [4.78, 5) is 9.12. The van der Waals surface area contributed by atoms with Crippen LogP contribution < -0.4 is 5.32 Å². The van der Waals surface area contributed by atoms with E-state index >= 15 is 0 Å². The molecule has 2 saturated heterocycles. The van der Waals surface area contributed by atoms with Crippen molar-refractivity contribution in [3.05, 3.63) is 18.0 Å². The van der Waals surface area contributed by atoms with E-state index in [-0.39, 0.29) is 29.7 Å². The van der Waals surface area contributed by atoms with Gasteiger partial charge in [-0.05, 0) is 33.2 Å². The molecule has 3 heterocycles. The minimum Gasteiger partial charge on any atom is -0.364 e. The maximum absolute atomic E-state index is 12.6. The standard InChI is InChI=1S/C19H34N6O3S.HI/c1-16-6-4-5-8-25(16)17(2)14-21-19(20-3)23-9-11-24(12-10-23)29(26,27)15-18-7-13-28-22-18;/h7,13,16-17H,4-6,8-12,14-15H2,1-3H3,(H,20,21);1H. The smallest absolute Gasteiger partial charge is 0.220 e. The van der Waals surface area contributed by atoms with Gasteiger partial charge < -0.3 is 14.7 Å². The van der Waals surface area contributed by atoms with Crippen molar-refractivity contribution < 1.29 is 12.9 Å². The van der Waals surface area contributed by atoms with E-state index in [1.54, 1.807) is 13.1 Å². The van der Waals surface area contributed by atoms with Gasteiger partial charge in [-0.1, -0.05) is 11.6 Å². The fourth-order valence-corrected chi connectivity index (χ4v) is 5.66. The zero-order valence-corrected chi connectivity index (χ0v) is 21.3. The Hall–Kier alpha value is -0.920. The molecule has 2 aliphatic rings. The zero-order valence-electron chi connectivity index (χ0n) is 18.2. The van der Waals surface area contributed by atoms with E-state index in [0.717, 1.165) is 19.0 Å². The van der Waals surface area contributed by atoms with Gasteiger partial charge in [-0.2, -0.15) is 4.31 Å². The molecule has 2 unspecified atom stereocenters. The van der Waals surface area contributed by atoms with Gasteiger partial charge in [-0.3, -0.25) is 9.89 Å². The lowest BCUT2D eigenvalue weighted by molar-refractivity contribution is 0.115. The van der Waals surface area contributed by atoms with Crippen molar-refractivity contribution in [3.8, 4) is 0 Å². The molecule has 3 rings (SSSR count). The fourth-order valence-electron chi connectivity index (χ4n) is 4.23. The number of sulfonamides is 1. The molecule has 9 nitrogen and oxygen atoms in total. The molecule has 0 aliphatic carbocycles. The van der Waals surface area contributed by atoms with Crippen molar-refractivity contribution in [3.63, 3.8) is 0 Å². The molecule has 0 radical (unpaired) electrons. The number of nitrogens with one attached hydrogen (secondary N) is 1. The molecule has 0 aromatic carbocycles. The number of nitrogens with zero attached hydrogens (tertiary/aromatic N) is 5. The maximum atomic E-state index is 12.6. The highest BCUT2D eigenvalue weighted by Gasteiger charge is 2.29. The average molecular weight is 554 g/mol. The van der Waals surface area contributed by atoms with Gasteiger partial charge in [0.2, 0.25) is 10.0 Å². The Kier molecular flexibility index (Phi) is 9.82. The second-order valence-corrected chi connectivity index (χ2v) is 9.96. The largest absolute Gasteiger partial charge is 0.364 e. The third kappa shape index (κ3) is 6.54. The summed E-state index contributed by atoms with van der Waals surface area (Å²) in [6.07, 6.45) is 5.26. The van der Waals surface area contributed by atoms with Gasteiger partial charge in [-0.25, -0.2) is 8.42 Å². The summed E-state index contributed by atoms with van der Waals surface area (Å²) in [5.74, 6) is 0.720. The molecule has 1 aromatic rings. The molecule has 0 amide bonds. The monoisotopic (exact) mass is 554 g/mol. The van der Waals surface area contributed by atoms with Crippen LogP contribution in [-0.2, 0) is 15.8 Å². The number of halogens is 1. The molecule has 0 spiro atoms. The molecular weight excluding hydrogens is 519 g/mol. The molecule has 172 valence electrons. The molecule has 2 aliphatic heterocycles. The number of likely N-dealkylation sites (tertiary alicyclic amines) is 1. The Morgan fingerprint density at radius 2 is 2.03 bits per heavy atom. The Morgan fingerprint density at radius 3 is 2.63 bits per heavy atom. The van der Waals surface area contributed by atoms with Crippen molar-refractivity contribution in [2.75, 3.05) is 46.3 Å². The lowest BCUT2D eigenvalue weighted by Crippen LogP contribution is -2.55. The minimum atomic E-state index is -3.39. The first kappa shape index (κ1) is 25.3. The van der Waals surface area contributed by atoms with Gasteiger partial charge in [0.25, 0.3) is 0 Å². The van der Waals surface area contributed by atoms with E-state index in [4.69, 9.17) is 4.52 Å². The summed E-state index contributed by atoms with van der Waals surface area (Å²) in [6, 6.07) is 2.65. The first-order valence-corrected chi connectivity index (χ1v) is 12.1. The first-order valence-electron chi connectivity index (χ1n) is 10.5. The number of aromatic nitrogens is 1. The Bertz CT molecular complexity index is 765. The number of piperazine rings is 1. The SMILES string of the molecule is CN=C(NCC(C)N1CCCCC1C)N1CCN(S(=O)(=O)Cc2ccon2)CC1.I. The van der Waals surface area contributed by atoms with Crippen molar-refractivity contribution in [1.82, 2.24) is 24.6 Å². The number of hydrogen-bond acceptors (Lipinski definition) is 6. The Labute approximate surface area is 197 Å². The lowest BCUT2D eigenvalue weighted by Gasteiger charge is -2.39. The second kappa shape index (κ2) is 11.6. The van der Waals surface area contributed by atoms with Gasteiger partial charge >= 0.3 is 0 Å². The van der Waals surface area contributed by atoms with Crippen LogP contribution in [0.2, 0.25) is 0 Å². The van der Waals surface area contributed by atoms with Gasteiger partial charge in [0.15, 0.2) is 5.96 Å². The maximum Gasteiger partial charge on any atom is 0.220 e. The predicted molar refractivity (Wildman–Crippen MR) is 129 cm³/mol. The summed E-state index contributed by atoms with van der Waals surface area (Å²) < 4.78 is 31.5. The normalized spacial score (nSPS) is 23.1. The summed E-state index contributed by atoms with van der Waals surface area (Å²) in [5, 5.41) is 7.20. The minimum absolute atomic E-state index is 0. The highest BCUT2D eigenvalue weighted by atomic mass is 127. The summed E-state index contributed by atoms with van der Waals surface area (Å²) >= 11 is 0. The molecule has 2 atom stereocenters. The van der Waals surface area contributed by atoms with Gasteiger partial charge in [0, 0.05) is 57.9 Å². The molecule has 11 heteroatoms. The van der Waals surface area contributed by atoms with Crippen LogP contribution in [-0.4, -0.2) is 92.0 Å². The van der Waals surface area contributed by atoms with Crippen molar-refractivity contribution >= 4 is 40.0 Å². The third-order valence-electron chi connectivity index (χ3n) is 5.94. The Balaban J connectivity index is 0.00000320. The Morgan fingerprint density at radius 1 is 1.30 bits per heavy atom. The van der Waals surface area contributed by atoms with E-state index in [0.29, 0.717) is 44.0 Å². The summed E-state index contributed by atoms with van der Waals surface area (Å²) in [5.41, 5.74) is 0.436. The fraction of sp³-hybridized carbons (Fsp3) is 0.789. The van der Waals surface area contributed by atoms with E-state index in [1.165, 1.54) is 29.8 Å². The number of hydrogen-bond donors (Lipinski definition) is 1. The summed E-state index contributed by atoms with van der Waals surface area (Å²) in [6.45, 7) is 8.68. The van der Waals surface area contributed by atoms with Crippen LogP contribution in [0.4, 0.5) is 0 Å². The first-order chi connectivity index (χ1) is 13.9. The lowest BCUT2D eigenvalue weighted by atomic mass is 10.0. The highest BCUT2D eigenvalue weighted by Crippen LogP contribution is 2.19. The van der Waals surface area contributed by atoms with E-state index < -0.39 is 10.0 Å². The van der Waals surface area contributed by atoms with Gasteiger partial charge in [0.1, 0.15) is 12.0 Å². The molecule has 1 aromatic heterocycles. The summed E-state index contributed by atoms with van der Waals surface area (Å²) in [7, 11) is -1.61. The number of aliphatic imine (C=N–C) groups is 1. The molecule has 0 bridgehead atoms. The van der Waals surface area contributed by atoms with Crippen molar-refractivity contribution in [2.45, 2.75) is 50.9 Å². The van der Waals surface area contributed by atoms with Crippen LogP contribution in [0.1, 0.15) is 38.8 Å². The zero-order chi connectivity index (χ0) is 20.9. The van der Waals surface area contributed by atoms with Crippen LogP contribution in [0.5, 0.6) is 0 Å². The molecular formula is C19H35IN6O3S. The van der Waals surface area contributed by atoms with Gasteiger partial charge in [0.05, 0.1) is 5.69 Å². The van der Waals surface area contributed by atoms with E-state index in [1.807, 2.05) is 0 Å².